The van der Waals surface area contributed by atoms with Crippen molar-refractivity contribution in [1.29, 1.82) is 0 Å². The van der Waals surface area contributed by atoms with Crippen LogP contribution in [-0.4, -0.2) is 67.9 Å². The van der Waals surface area contributed by atoms with Crippen LogP contribution in [0.3, 0.4) is 0 Å². The Morgan fingerprint density at radius 1 is 1.35 bits per heavy atom. The molecule has 5 N–H and O–H groups in total. The highest BCUT2D eigenvalue weighted by molar-refractivity contribution is 6.14. The summed E-state index contributed by atoms with van der Waals surface area (Å²) in [5.41, 5.74) is 7.27. The van der Waals surface area contributed by atoms with Crippen LogP contribution in [0.25, 0.3) is 10.9 Å². The molecule has 122 valence electrons. The number of hydrogen-bond acceptors (Lipinski definition) is 9. The van der Waals surface area contributed by atoms with Crippen LogP contribution < -0.4 is 10.7 Å². The van der Waals surface area contributed by atoms with Crippen molar-refractivity contribution >= 4 is 22.6 Å². The van der Waals surface area contributed by atoms with Crippen LogP contribution >= 0.6 is 0 Å². The fraction of sp³-hybridized carbons (Fsp3) is 0.462. The van der Waals surface area contributed by atoms with Gasteiger partial charge in [-0.3, -0.25) is 0 Å². The summed E-state index contributed by atoms with van der Waals surface area (Å²) in [5, 5.41) is 43.9. The van der Waals surface area contributed by atoms with Crippen molar-refractivity contribution in [3.8, 4) is 0 Å². The molecule has 4 atom stereocenters. The number of aliphatic hydroxyl groups is 3. The number of nitrogens with zero attached hydrogens (tertiary/aromatic N) is 5. The number of hydrogen-bond donors (Lipinski definition) is 4. The van der Waals surface area contributed by atoms with Crippen LogP contribution in [0.1, 0.15) is 11.8 Å². The fourth-order valence-electron chi connectivity index (χ4n) is 3.10. The van der Waals surface area contributed by atoms with Crippen LogP contribution in [0.5, 0.6) is 0 Å². The van der Waals surface area contributed by atoms with Gasteiger partial charge < -0.3 is 30.4 Å². The molecule has 0 amide bonds. The van der Waals surface area contributed by atoms with E-state index in [1.807, 2.05) is 0 Å². The number of aromatic nitrogens is 3. The number of aliphatic hydroxyl groups excluding tert-OH is 3. The fourth-order valence-corrected chi connectivity index (χ4v) is 3.10. The van der Waals surface area contributed by atoms with E-state index in [2.05, 4.69) is 15.3 Å². The van der Waals surface area contributed by atoms with Gasteiger partial charge in [0.05, 0.1) is 23.7 Å². The summed E-state index contributed by atoms with van der Waals surface area (Å²) in [7, 11) is 1.71. The molecule has 4 heterocycles. The Kier molecular flexibility index (Phi) is 3.03. The lowest BCUT2D eigenvalue weighted by Crippen LogP contribution is -2.33. The van der Waals surface area contributed by atoms with Crippen LogP contribution in [0, 0.1) is 0 Å². The van der Waals surface area contributed by atoms with Crippen molar-refractivity contribution in [2.24, 2.45) is 10.8 Å². The lowest BCUT2D eigenvalue weighted by molar-refractivity contribution is -0.0506. The van der Waals surface area contributed by atoms with Crippen molar-refractivity contribution in [1.82, 2.24) is 14.8 Å². The summed E-state index contributed by atoms with van der Waals surface area (Å²) in [6.07, 6.45) is -0.883. The Labute approximate surface area is 130 Å². The third kappa shape index (κ3) is 1.86. The van der Waals surface area contributed by atoms with Crippen molar-refractivity contribution in [2.45, 2.75) is 24.5 Å². The van der Waals surface area contributed by atoms with Crippen LogP contribution in [0.4, 0.5) is 5.82 Å². The van der Waals surface area contributed by atoms with Crippen molar-refractivity contribution < 1.29 is 20.1 Å². The van der Waals surface area contributed by atoms with Crippen molar-refractivity contribution in [3.05, 3.63) is 18.0 Å². The van der Waals surface area contributed by atoms with Crippen LogP contribution in [0.2, 0.25) is 0 Å². The van der Waals surface area contributed by atoms with Gasteiger partial charge in [0.15, 0.2) is 17.9 Å². The van der Waals surface area contributed by atoms with E-state index in [9.17, 15) is 15.3 Å². The van der Waals surface area contributed by atoms with Gasteiger partial charge in [-0.05, 0) is 0 Å². The maximum absolute atomic E-state index is 10.2. The summed E-state index contributed by atoms with van der Waals surface area (Å²) >= 11 is 0. The molecule has 0 radical (unpaired) electrons. The number of ether oxygens (including phenoxy) is 1. The second-order valence-corrected chi connectivity index (χ2v) is 5.62. The van der Waals surface area contributed by atoms with E-state index in [4.69, 9.17) is 10.5 Å². The largest absolute Gasteiger partial charge is 0.394 e. The summed E-state index contributed by atoms with van der Waals surface area (Å²) in [6, 6.07) is 0. The van der Waals surface area contributed by atoms with Gasteiger partial charge in [-0.2, -0.15) is 10.2 Å². The number of hydrazone groups is 1. The molecule has 0 aliphatic carbocycles. The summed E-state index contributed by atoms with van der Waals surface area (Å²) in [4.78, 5) is 0. The average molecular weight is 320 g/mol. The minimum atomic E-state index is -1.19. The Bertz CT molecular complexity index is 805. The molecule has 2 aliphatic rings. The van der Waals surface area contributed by atoms with Crippen molar-refractivity contribution in [2.75, 3.05) is 18.7 Å². The second kappa shape index (κ2) is 4.86. The third-order valence-electron chi connectivity index (χ3n) is 4.26. The summed E-state index contributed by atoms with van der Waals surface area (Å²) in [6.45, 7) is -0.391. The molecule has 0 spiro atoms. The smallest absolute Gasteiger partial charge is 0.181 e. The molecule has 10 nitrogen and oxygen atoms in total. The summed E-state index contributed by atoms with van der Waals surface area (Å²) in [5.74, 6) is 0.848. The van der Waals surface area contributed by atoms with Crippen LogP contribution in [0.15, 0.2) is 17.5 Å². The van der Waals surface area contributed by atoms with Gasteiger partial charge in [0.1, 0.15) is 18.3 Å². The molecule has 2 aromatic rings. The van der Waals surface area contributed by atoms with Gasteiger partial charge in [0.2, 0.25) is 0 Å². The molecule has 2 aromatic heterocycles. The molecule has 0 unspecified atom stereocenters. The number of anilines is 1. The van der Waals surface area contributed by atoms with E-state index in [0.29, 0.717) is 22.7 Å². The normalized spacial score (nSPS) is 30.1. The molecule has 0 bridgehead atoms. The first-order valence-corrected chi connectivity index (χ1v) is 7.09. The highest BCUT2D eigenvalue weighted by atomic mass is 16.6. The predicted octanol–water partition coefficient (Wildman–Crippen LogP) is -1.89. The lowest BCUT2D eigenvalue weighted by Gasteiger charge is -2.19. The quantitative estimate of drug-likeness (QED) is 0.503. The highest BCUT2D eigenvalue weighted by Gasteiger charge is 2.44. The summed E-state index contributed by atoms with van der Waals surface area (Å²) < 4.78 is 7.21. The number of amidine groups is 1. The van der Waals surface area contributed by atoms with E-state index in [1.54, 1.807) is 17.8 Å². The first-order valence-electron chi connectivity index (χ1n) is 7.09. The predicted molar refractivity (Wildman–Crippen MR) is 79.7 cm³/mol. The van der Waals surface area contributed by atoms with E-state index in [1.165, 1.54) is 11.2 Å². The molecule has 4 rings (SSSR count). The highest BCUT2D eigenvalue weighted by Crippen LogP contribution is 2.37. The Morgan fingerprint density at radius 3 is 2.83 bits per heavy atom. The van der Waals surface area contributed by atoms with Gasteiger partial charge in [-0.1, -0.05) is 0 Å². The molecule has 1 saturated heterocycles. The number of rotatable bonds is 2. The van der Waals surface area contributed by atoms with Gasteiger partial charge in [0, 0.05) is 18.8 Å². The van der Waals surface area contributed by atoms with E-state index in [-0.39, 0.29) is 0 Å². The molecular weight excluding hydrogens is 304 g/mol. The first kappa shape index (κ1) is 14.3. The SMILES string of the molecule is CN1N=C(N)c2cn([C@@H]3O[C@H](CO)[C@@H](O)[C@H]3O)c3cnnc1c23. The first-order chi connectivity index (χ1) is 11.0. The molecule has 10 heteroatoms. The Hall–Kier alpha value is -2.27. The zero-order chi connectivity index (χ0) is 16.3. The van der Waals surface area contributed by atoms with Gasteiger partial charge in [-0.15, -0.1) is 5.10 Å². The molecule has 0 saturated carbocycles. The Balaban J connectivity index is 1.89. The zero-order valence-corrected chi connectivity index (χ0v) is 12.2. The maximum atomic E-state index is 10.2. The lowest BCUT2D eigenvalue weighted by atomic mass is 10.1. The topological polar surface area (TPSA) is 142 Å². The molecule has 1 fully saturated rings. The van der Waals surface area contributed by atoms with Crippen LogP contribution in [-0.2, 0) is 4.74 Å². The van der Waals surface area contributed by atoms with E-state index in [0.717, 1.165) is 5.39 Å². The molecule has 23 heavy (non-hydrogen) atoms. The monoisotopic (exact) mass is 320 g/mol. The van der Waals surface area contributed by atoms with Gasteiger partial charge >= 0.3 is 0 Å². The molecule has 2 aliphatic heterocycles. The van der Waals surface area contributed by atoms with E-state index < -0.39 is 31.1 Å². The minimum absolute atomic E-state index is 0.309. The third-order valence-corrected chi connectivity index (χ3v) is 4.26. The van der Waals surface area contributed by atoms with Gasteiger partial charge in [0.25, 0.3) is 0 Å². The zero-order valence-electron chi connectivity index (χ0n) is 12.2. The molecule has 0 aromatic carbocycles. The average Bonchev–Trinajstić information content (AvgIpc) is 3.05. The second-order valence-electron chi connectivity index (χ2n) is 5.62. The maximum Gasteiger partial charge on any atom is 0.181 e. The van der Waals surface area contributed by atoms with Gasteiger partial charge in [-0.25, -0.2) is 5.01 Å². The molecular formula is C13H16N6O4. The van der Waals surface area contributed by atoms with E-state index >= 15 is 0 Å². The minimum Gasteiger partial charge on any atom is -0.394 e. The Morgan fingerprint density at radius 2 is 2.13 bits per heavy atom. The number of nitrogens with two attached hydrogens (primary N) is 1. The standard InChI is InChI=1S/C13H16N6O4/c1-18-12-8-5(11(14)17-18)3-19(6(8)2-15-16-12)13-10(22)9(21)7(4-20)23-13/h2-3,7,9-10,13,20-22H,4H2,1H3,(H2,14,17)/t7-,9-,10-,13-/m1/s1. The van der Waals surface area contributed by atoms with Crippen molar-refractivity contribution in [3.63, 3.8) is 0 Å².